The molecule has 1 atom stereocenters. The van der Waals surface area contributed by atoms with E-state index in [9.17, 15) is 4.79 Å². The standard InChI is InChI=1S/C11H12Br2ClNO/c1-7(4-5-14)15-11(16)9-3-2-8(12)6-10(9)13/h2-3,6-7H,4-5H2,1H3,(H,15,16). The van der Waals surface area contributed by atoms with Gasteiger partial charge in [0.15, 0.2) is 0 Å². The normalized spacial score (nSPS) is 12.2. The molecule has 1 rings (SSSR count). The molecule has 1 amide bonds. The van der Waals surface area contributed by atoms with Crippen molar-refractivity contribution in [1.82, 2.24) is 5.32 Å². The Morgan fingerprint density at radius 2 is 2.19 bits per heavy atom. The predicted octanol–water partition coefficient (Wildman–Crippen LogP) is 3.96. The van der Waals surface area contributed by atoms with Crippen LogP contribution in [0.3, 0.4) is 0 Å². The first-order valence-electron chi connectivity index (χ1n) is 4.86. The van der Waals surface area contributed by atoms with Gasteiger partial charge in [0.05, 0.1) is 5.56 Å². The van der Waals surface area contributed by atoms with E-state index in [0.717, 1.165) is 15.4 Å². The Morgan fingerprint density at radius 1 is 1.50 bits per heavy atom. The summed E-state index contributed by atoms with van der Waals surface area (Å²) < 4.78 is 1.71. The SMILES string of the molecule is CC(CCCl)NC(=O)c1ccc(Br)cc1Br. The highest BCUT2D eigenvalue weighted by molar-refractivity contribution is 9.11. The van der Waals surface area contributed by atoms with E-state index in [0.29, 0.717) is 11.4 Å². The van der Waals surface area contributed by atoms with Crippen LogP contribution >= 0.6 is 43.5 Å². The second-order valence-electron chi connectivity index (χ2n) is 3.48. The minimum atomic E-state index is -0.0861. The molecular formula is C11H12Br2ClNO. The number of nitrogens with one attached hydrogen (secondary N) is 1. The number of hydrogen-bond donors (Lipinski definition) is 1. The van der Waals surface area contributed by atoms with Gasteiger partial charge in [-0.15, -0.1) is 11.6 Å². The second kappa shape index (κ2) is 6.62. The number of benzene rings is 1. The van der Waals surface area contributed by atoms with Crippen LogP contribution < -0.4 is 5.32 Å². The zero-order chi connectivity index (χ0) is 12.1. The van der Waals surface area contributed by atoms with Crippen molar-refractivity contribution in [2.75, 3.05) is 5.88 Å². The third-order valence-corrected chi connectivity index (χ3v) is 3.46. The Hall–Kier alpha value is -0.0600. The van der Waals surface area contributed by atoms with Crippen molar-refractivity contribution in [2.45, 2.75) is 19.4 Å². The Bertz CT molecular complexity index is 384. The van der Waals surface area contributed by atoms with Crippen LogP contribution in [0.4, 0.5) is 0 Å². The fourth-order valence-corrected chi connectivity index (χ4v) is 2.77. The molecule has 0 aliphatic heterocycles. The number of rotatable bonds is 4. The molecule has 0 heterocycles. The summed E-state index contributed by atoms with van der Waals surface area (Å²) in [5.41, 5.74) is 0.629. The maximum absolute atomic E-state index is 11.9. The molecule has 0 saturated heterocycles. The van der Waals surface area contributed by atoms with Crippen molar-refractivity contribution in [3.05, 3.63) is 32.7 Å². The van der Waals surface area contributed by atoms with E-state index in [1.165, 1.54) is 0 Å². The van der Waals surface area contributed by atoms with E-state index < -0.39 is 0 Å². The summed E-state index contributed by atoms with van der Waals surface area (Å²) in [6.45, 7) is 1.94. The summed E-state index contributed by atoms with van der Waals surface area (Å²) in [5, 5.41) is 2.89. The summed E-state index contributed by atoms with van der Waals surface area (Å²) >= 11 is 12.3. The minimum Gasteiger partial charge on any atom is -0.350 e. The maximum atomic E-state index is 11.9. The molecule has 0 bridgehead atoms. The van der Waals surface area contributed by atoms with E-state index in [4.69, 9.17) is 11.6 Å². The van der Waals surface area contributed by atoms with Gasteiger partial charge in [0, 0.05) is 20.9 Å². The van der Waals surface area contributed by atoms with E-state index in [2.05, 4.69) is 37.2 Å². The van der Waals surface area contributed by atoms with Crippen molar-refractivity contribution in [2.24, 2.45) is 0 Å². The first-order valence-corrected chi connectivity index (χ1v) is 6.98. The third kappa shape index (κ3) is 4.07. The predicted molar refractivity (Wildman–Crippen MR) is 74.1 cm³/mol. The average Bonchev–Trinajstić information content (AvgIpc) is 2.17. The fourth-order valence-electron chi connectivity index (χ4n) is 1.21. The lowest BCUT2D eigenvalue weighted by Gasteiger charge is -2.13. The molecule has 0 fully saturated rings. The Kier molecular flexibility index (Phi) is 5.79. The highest BCUT2D eigenvalue weighted by Crippen LogP contribution is 2.21. The summed E-state index contributed by atoms with van der Waals surface area (Å²) in [6.07, 6.45) is 0.765. The molecule has 0 saturated carbocycles. The van der Waals surface area contributed by atoms with Crippen LogP contribution in [0.1, 0.15) is 23.7 Å². The molecule has 0 spiro atoms. The Morgan fingerprint density at radius 3 is 2.75 bits per heavy atom. The first kappa shape index (κ1) is 14.0. The van der Waals surface area contributed by atoms with Crippen LogP contribution in [-0.4, -0.2) is 17.8 Å². The fraction of sp³-hybridized carbons (Fsp3) is 0.364. The van der Waals surface area contributed by atoms with Gasteiger partial charge >= 0.3 is 0 Å². The molecule has 88 valence electrons. The van der Waals surface area contributed by atoms with E-state index in [-0.39, 0.29) is 11.9 Å². The zero-order valence-electron chi connectivity index (χ0n) is 8.77. The Balaban J connectivity index is 2.73. The largest absolute Gasteiger partial charge is 0.350 e. The van der Waals surface area contributed by atoms with Gasteiger partial charge in [-0.3, -0.25) is 4.79 Å². The maximum Gasteiger partial charge on any atom is 0.252 e. The van der Waals surface area contributed by atoms with Gasteiger partial charge in [-0.2, -0.15) is 0 Å². The van der Waals surface area contributed by atoms with Crippen LogP contribution in [0.5, 0.6) is 0 Å². The van der Waals surface area contributed by atoms with Crippen LogP contribution in [0.25, 0.3) is 0 Å². The molecule has 5 heteroatoms. The van der Waals surface area contributed by atoms with Crippen LogP contribution in [-0.2, 0) is 0 Å². The monoisotopic (exact) mass is 367 g/mol. The van der Waals surface area contributed by atoms with E-state index >= 15 is 0 Å². The molecule has 1 aromatic rings. The van der Waals surface area contributed by atoms with E-state index in [1.54, 1.807) is 6.07 Å². The third-order valence-electron chi connectivity index (χ3n) is 2.10. The summed E-state index contributed by atoms with van der Waals surface area (Å²) in [7, 11) is 0. The number of hydrogen-bond acceptors (Lipinski definition) is 1. The zero-order valence-corrected chi connectivity index (χ0v) is 12.7. The number of alkyl halides is 1. The second-order valence-corrected chi connectivity index (χ2v) is 5.62. The van der Waals surface area contributed by atoms with Gasteiger partial charge in [0.25, 0.3) is 5.91 Å². The highest BCUT2D eigenvalue weighted by atomic mass is 79.9. The molecule has 1 aromatic carbocycles. The van der Waals surface area contributed by atoms with Crippen LogP contribution in [0.2, 0.25) is 0 Å². The van der Waals surface area contributed by atoms with Crippen LogP contribution in [0.15, 0.2) is 27.1 Å². The summed E-state index contributed by atoms with van der Waals surface area (Å²) in [6, 6.07) is 5.55. The summed E-state index contributed by atoms with van der Waals surface area (Å²) in [4.78, 5) is 11.9. The molecular weight excluding hydrogens is 357 g/mol. The van der Waals surface area contributed by atoms with Crippen molar-refractivity contribution in [1.29, 1.82) is 0 Å². The first-order chi connectivity index (χ1) is 7.54. The molecule has 2 nitrogen and oxygen atoms in total. The number of carbonyl (C=O) groups is 1. The minimum absolute atomic E-state index is 0.0838. The van der Waals surface area contributed by atoms with Gasteiger partial charge in [-0.05, 0) is 47.5 Å². The quantitative estimate of drug-likeness (QED) is 0.800. The molecule has 16 heavy (non-hydrogen) atoms. The molecule has 0 radical (unpaired) electrons. The molecule has 1 unspecified atom stereocenters. The Labute approximate surface area is 117 Å². The number of carbonyl (C=O) groups excluding carboxylic acids is 1. The number of amides is 1. The topological polar surface area (TPSA) is 29.1 Å². The van der Waals surface area contributed by atoms with Crippen LogP contribution in [0, 0.1) is 0 Å². The lowest BCUT2D eigenvalue weighted by atomic mass is 10.2. The van der Waals surface area contributed by atoms with Crippen molar-refractivity contribution >= 4 is 49.4 Å². The average molecular weight is 369 g/mol. The lowest BCUT2D eigenvalue weighted by molar-refractivity contribution is 0.0938. The lowest BCUT2D eigenvalue weighted by Crippen LogP contribution is -2.33. The van der Waals surface area contributed by atoms with Gasteiger partial charge in [0.1, 0.15) is 0 Å². The smallest absolute Gasteiger partial charge is 0.252 e. The highest BCUT2D eigenvalue weighted by Gasteiger charge is 2.12. The summed E-state index contributed by atoms with van der Waals surface area (Å²) in [5.74, 6) is 0.458. The van der Waals surface area contributed by atoms with Gasteiger partial charge in [-0.1, -0.05) is 15.9 Å². The van der Waals surface area contributed by atoms with Crippen molar-refractivity contribution < 1.29 is 4.79 Å². The van der Waals surface area contributed by atoms with Gasteiger partial charge in [0.2, 0.25) is 0 Å². The van der Waals surface area contributed by atoms with Gasteiger partial charge < -0.3 is 5.32 Å². The molecule has 0 aliphatic carbocycles. The molecule has 1 N–H and O–H groups in total. The molecule has 0 aliphatic rings. The van der Waals surface area contributed by atoms with Crippen molar-refractivity contribution in [3.8, 4) is 0 Å². The van der Waals surface area contributed by atoms with Gasteiger partial charge in [-0.25, -0.2) is 0 Å². The molecule has 0 aromatic heterocycles. The van der Waals surface area contributed by atoms with E-state index in [1.807, 2.05) is 19.1 Å². The number of halogens is 3. The van der Waals surface area contributed by atoms with Crippen molar-refractivity contribution in [3.63, 3.8) is 0 Å².